The van der Waals surface area contributed by atoms with Crippen molar-refractivity contribution in [1.29, 1.82) is 0 Å². The summed E-state index contributed by atoms with van der Waals surface area (Å²) in [7, 11) is 1.59. The number of likely N-dealkylation sites (N-methyl/N-ethyl adjacent to an activating group) is 1. The Kier molecular flexibility index (Phi) is 8.45. The molecule has 0 amide bonds. The van der Waals surface area contributed by atoms with Crippen LogP contribution in [0.5, 0.6) is 11.5 Å². The highest BCUT2D eigenvalue weighted by Gasteiger charge is 2.50. The summed E-state index contributed by atoms with van der Waals surface area (Å²) in [6.07, 6.45) is 11.7. The number of nitrogens with zero attached hydrogens (tertiary/aromatic N) is 1. The van der Waals surface area contributed by atoms with Crippen molar-refractivity contribution in [3.8, 4) is 11.5 Å². The van der Waals surface area contributed by atoms with Crippen LogP contribution in [-0.2, 0) is 21.0 Å². The normalized spacial score (nSPS) is 21.8. The van der Waals surface area contributed by atoms with Gasteiger partial charge in [-0.2, -0.15) is 0 Å². The highest BCUT2D eigenvalue weighted by atomic mass is 32.2. The van der Waals surface area contributed by atoms with Crippen LogP contribution >= 0.6 is 0 Å². The number of aryl methyl sites for hydroxylation is 1. The molecule has 218 valence electrons. The molecule has 41 heavy (non-hydrogen) atoms. The first-order valence-electron chi connectivity index (χ1n) is 14.4. The standard InChI is InChI=1S/C33H41N2O5S/c1-23(2)31-32(41(36,37)25-14-7-6-8-15-25)28-17-9-10-19-35(28,3)33(31)40-20-12-18-34-27-16-11-13-24-21-29(38-4)30(39-5)22-26(24)27/h6-10,14-15,17,19,21-23,27,34H,11-13,16,18,20H2,1-5H3/q+1. The molecule has 5 rings (SSSR count). The van der Waals surface area contributed by atoms with Gasteiger partial charge in [-0.15, -0.1) is 0 Å². The second-order valence-electron chi connectivity index (χ2n) is 11.2. The lowest BCUT2D eigenvalue weighted by molar-refractivity contribution is -0.793. The number of benzene rings is 2. The zero-order valence-corrected chi connectivity index (χ0v) is 25.5. The Morgan fingerprint density at radius 2 is 1.78 bits per heavy atom. The van der Waals surface area contributed by atoms with E-state index in [1.54, 1.807) is 38.5 Å². The van der Waals surface area contributed by atoms with E-state index in [9.17, 15) is 8.42 Å². The van der Waals surface area contributed by atoms with Crippen molar-refractivity contribution in [2.75, 3.05) is 34.4 Å². The third-order valence-corrected chi connectivity index (χ3v) is 10.0. The fourth-order valence-corrected chi connectivity index (χ4v) is 8.03. The molecular formula is C33H41N2O5S+. The van der Waals surface area contributed by atoms with E-state index in [1.165, 1.54) is 11.1 Å². The number of hydrogen-bond acceptors (Lipinski definition) is 6. The fourth-order valence-electron chi connectivity index (χ4n) is 6.13. The van der Waals surface area contributed by atoms with Gasteiger partial charge >= 0.3 is 5.88 Å². The Hall–Kier alpha value is -3.33. The van der Waals surface area contributed by atoms with E-state index in [1.807, 2.05) is 51.4 Å². The maximum absolute atomic E-state index is 14.0. The van der Waals surface area contributed by atoms with Crippen LogP contribution in [0.25, 0.3) is 0 Å². The summed E-state index contributed by atoms with van der Waals surface area (Å²) in [5.74, 6) is 2.16. The van der Waals surface area contributed by atoms with Crippen LogP contribution in [0, 0.1) is 5.92 Å². The smallest absolute Gasteiger partial charge is 0.306 e. The van der Waals surface area contributed by atoms with Gasteiger partial charge in [0.2, 0.25) is 9.84 Å². The Balaban J connectivity index is 1.34. The molecule has 2 atom stereocenters. The third kappa shape index (κ3) is 5.36. The molecule has 2 aliphatic heterocycles. The summed E-state index contributed by atoms with van der Waals surface area (Å²) in [5, 5.41) is 3.72. The maximum atomic E-state index is 14.0. The zero-order chi connectivity index (χ0) is 29.2. The van der Waals surface area contributed by atoms with Crippen molar-refractivity contribution in [2.45, 2.75) is 50.5 Å². The van der Waals surface area contributed by atoms with Gasteiger partial charge < -0.3 is 19.5 Å². The molecule has 0 saturated carbocycles. The number of hydrogen-bond donors (Lipinski definition) is 1. The fraction of sp³-hybridized carbons (Fsp3) is 0.394. The molecular weight excluding hydrogens is 536 g/mol. The highest BCUT2D eigenvalue weighted by molar-refractivity contribution is 7.95. The first-order valence-corrected chi connectivity index (χ1v) is 15.8. The van der Waals surface area contributed by atoms with Crippen molar-refractivity contribution in [2.24, 2.45) is 5.92 Å². The molecule has 8 heteroatoms. The topological polar surface area (TPSA) is 73.9 Å². The van der Waals surface area contributed by atoms with Crippen LogP contribution in [0.4, 0.5) is 0 Å². The second-order valence-corrected chi connectivity index (χ2v) is 13.1. The summed E-state index contributed by atoms with van der Waals surface area (Å²) in [6, 6.07) is 13.1. The van der Waals surface area contributed by atoms with Crippen LogP contribution in [0.2, 0.25) is 0 Å². The summed E-state index contributed by atoms with van der Waals surface area (Å²) >= 11 is 0. The molecule has 7 nitrogen and oxygen atoms in total. The molecule has 0 fully saturated rings. The van der Waals surface area contributed by atoms with E-state index in [-0.39, 0.29) is 16.4 Å². The molecule has 2 aromatic carbocycles. The minimum atomic E-state index is -3.75. The predicted molar refractivity (Wildman–Crippen MR) is 161 cm³/mol. The lowest BCUT2D eigenvalue weighted by Crippen LogP contribution is -2.36. The van der Waals surface area contributed by atoms with Crippen LogP contribution in [0.15, 0.2) is 93.8 Å². The Bertz CT molecular complexity index is 1520. The molecule has 0 spiro atoms. The average Bonchev–Trinajstić information content (AvgIpc) is 3.26. The number of fused-ring (bicyclic) bond motifs is 2. The van der Waals surface area contributed by atoms with Crippen LogP contribution in [-0.4, -0.2) is 47.3 Å². The van der Waals surface area contributed by atoms with E-state index < -0.39 is 9.84 Å². The number of allylic oxidation sites excluding steroid dienone is 4. The number of quaternary nitrogens is 1. The van der Waals surface area contributed by atoms with Crippen LogP contribution in [0.1, 0.15) is 50.3 Å². The SMILES string of the molecule is COc1cc2c(cc1OC)C(NCCCOC1=C(C(C)C)C(S(=O)(=O)c3ccccc3)=C3C=CC=C[N+]31C)CCC2. The lowest BCUT2D eigenvalue weighted by atomic mass is 9.87. The van der Waals surface area contributed by atoms with Crippen LogP contribution in [0.3, 0.4) is 0 Å². The number of rotatable bonds is 11. The minimum Gasteiger partial charge on any atom is -0.493 e. The van der Waals surface area contributed by atoms with Gasteiger partial charge in [0, 0.05) is 12.1 Å². The van der Waals surface area contributed by atoms with Crippen molar-refractivity contribution in [1.82, 2.24) is 5.32 Å². The Labute approximate surface area is 244 Å². The molecule has 0 bridgehead atoms. The number of nitrogens with one attached hydrogen (secondary N) is 1. The first-order chi connectivity index (χ1) is 19.7. The molecule has 2 heterocycles. The Morgan fingerprint density at radius 1 is 1.05 bits per heavy atom. The predicted octanol–water partition coefficient (Wildman–Crippen LogP) is 6.17. The van der Waals surface area contributed by atoms with Gasteiger partial charge in [-0.3, -0.25) is 0 Å². The Morgan fingerprint density at radius 3 is 2.49 bits per heavy atom. The number of methoxy groups -OCH3 is 2. The molecule has 1 N–H and O–H groups in total. The van der Waals surface area contributed by atoms with E-state index in [0.717, 1.165) is 55.0 Å². The largest absolute Gasteiger partial charge is 0.493 e. The molecule has 2 aromatic rings. The van der Waals surface area contributed by atoms with Crippen molar-refractivity contribution >= 4 is 9.84 Å². The molecule has 2 unspecified atom stereocenters. The van der Waals surface area contributed by atoms with Crippen LogP contribution < -0.4 is 14.8 Å². The molecule has 0 radical (unpaired) electrons. The van der Waals surface area contributed by atoms with Gasteiger partial charge in [0.1, 0.15) is 11.1 Å². The van der Waals surface area contributed by atoms with E-state index in [0.29, 0.717) is 22.3 Å². The van der Waals surface area contributed by atoms with Crippen molar-refractivity contribution < 1.29 is 27.1 Å². The van der Waals surface area contributed by atoms with E-state index >= 15 is 0 Å². The quantitative estimate of drug-likeness (QED) is 0.254. The summed E-state index contributed by atoms with van der Waals surface area (Å²) < 4.78 is 45.8. The summed E-state index contributed by atoms with van der Waals surface area (Å²) in [5.41, 5.74) is 4.03. The first kappa shape index (κ1) is 29.2. The van der Waals surface area contributed by atoms with E-state index in [4.69, 9.17) is 14.2 Å². The number of ether oxygens (including phenoxy) is 3. The minimum absolute atomic E-state index is 0.0443. The summed E-state index contributed by atoms with van der Waals surface area (Å²) in [6.45, 7) is 5.31. The van der Waals surface area contributed by atoms with Gasteiger partial charge in [0.25, 0.3) is 0 Å². The highest BCUT2D eigenvalue weighted by Crippen LogP contribution is 2.48. The molecule has 3 aliphatic rings. The van der Waals surface area contributed by atoms with Gasteiger partial charge in [0.15, 0.2) is 17.2 Å². The zero-order valence-electron chi connectivity index (χ0n) is 24.6. The van der Waals surface area contributed by atoms with E-state index in [2.05, 4.69) is 17.4 Å². The van der Waals surface area contributed by atoms with Gasteiger partial charge in [0.05, 0.1) is 38.3 Å². The maximum Gasteiger partial charge on any atom is 0.306 e. The van der Waals surface area contributed by atoms with Gasteiger partial charge in [-0.25, -0.2) is 12.9 Å². The third-order valence-electron chi connectivity index (χ3n) is 8.19. The molecule has 0 saturated heterocycles. The number of sulfone groups is 1. The van der Waals surface area contributed by atoms with Gasteiger partial charge in [-0.05, 0) is 79.6 Å². The molecule has 0 aromatic heterocycles. The van der Waals surface area contributed by atoms with Crippen molar-refractivity contribution in [3.05, 3.63) is 100 Å². The molecule has 1 aliphatic carbocycles. The lowest BCUT2D eigenvalue weighted by Gasteiger charge is -2.30. The second kappa shape index (κ2) is 11.9. The van der Waals surface area contributed by atoms with Crippen molar-refractivity contribution in [3.63, 3.8) is 0 Å². The monoisotopic (exact) mass is 577 g/mol. The summed E-state index contributed by atoms with van der Waals surface area (Å²) in [4.78, 5) is 0.653. The van der Waals surface area contributed by atoms with Gasteiger partial charge in [-0.1, -0.05) is 38.1 Å². The average molecular weight is 578 g/mol.